The van der Waals surface area contributed by atoms with E-state index >= 15 is 0 Å². The highest BCUT2D eigenvalue weighted by Crippen LogP contribution is 2.34. The number of rotatable bonds is 4. The van der Waals surface area contributed by atoms with Crippen molar-refractivity contribution in [1.82, 2.24) is 0 Å². The van der Waals surface area contributed by atoms with E-state index in [-0.39, 0.29) is 5.56 Å². The molecule has 0 saturated heterocycles. The third kappa shape index (κ3) is 3.86. The minimum absolute atomic E-state index is 0.0445. The van der Waals surface area contributed by atoms with Crippen molar-refractivity contribution in [3.8, 4) is 0 Å². The number of pyridine rings is 1. The van der Waals surface area contributed by atoms with Crippen molar-refractivity contribution in [1.29, 1.82) is 0 Å². The monoisotopic (exact) mass is 379 g/mol. The number of hydrogen-bond donors (Lipinski definition) is 0. The molecule has 2 aromatic carbocycles. The Morgan fingerprint density at radius 2 is 1.64 bits per heavy atom. The molecule has 25 heavy (non-hydrogen) atoms. The lowest BCUT2D eigenvalue weighted by Gasteiger charge is -2.18. The highest BCUT2D eigenvalue weighted by Gasteiger charge is 2.26. The first-order valence-corrected chi connectivity index (χ1v) is 8.84. The van der Waals surface area contributed by atoms with Gasteiger partial charge in [0.2, 0.25) is 0 Å². The van der Waals surface area contributed by atoms with Crippen LogP contribution in [0.1, 0.15) is 16.4 Å². The second-order valence-electron chi connectivity index (χ2n) is 5.29. The first-order valence-electron chi connectivity index (χ1n) is 7.25. The molecule has 0 N–H and O–H groups in total. The lowest BCUT2D eigenvalue weighted by Crippen LogP contribution is -2.24. The zero-order chi connectivity index (χ0) is 18.0. The average molecular weight is 380 g/mol. The summed E-state index contributed by atoms with van der Waals surface area (Å²) in [7, 11) is -1.73. The van der Waals surface area contributed by atoms with Crippen molar-refractivity contribution < 1.29 is 17.7 Å². The topological polar surface area (TPSA) is 44.0 Å². The van der Waals surface area contributed by atoms with E-state index in [0.29, 0.717) is 20.2 Å². The van der Waals surface area contributed by atoms with Gasteiger partial charge in [0.25, 0.3) is 0 Å². The molecule has 0 spiro atoms. The summed E-state index contributed by atoms with van der Waals surface area (Å²) in [6.45, 7) is 0. The maximum Gasteiger partial charge on any atom is 0.180 e. The lowest BCUT2D eigenvalue weighted by atomic mass is 10.0. The van der Waals surface area contributed by atoms with Gasteiger partial charge in [0.15, 0.2) is 12.4 Å². The van der Waals surface area contributed by atoms with Crippen LogP contribution in [0, 0.1) is 16.8 Å². The van der Waals surface area contributed by atoms with Crippen LogP contribution in [0.5, 0.6) is 0 Å². The fourth-order valence-electron chi connectivity index (χ4n) is 2.44. The second kappa shape index (κ2) is 7.29. The van der Waals surface area contributed by atoms with Crippen LogP contribution in [0.25, 0.3) is 0 Å². The van der Waals surface area contributed by atoms with Gasteiger partial charge in [-0.15, -0.1) is 0 Å². The van der Waals surface area contributed by atoms with E-state index in [0.717, 1.165) is 18.2 Å². The Morgan fingerprint density at radius 3 is 2.28 bits per heavy atom. The maximum absolute atomic E-state index is 14.3. The van der Waals surface area contributed by atoms with E-state index in [4.69, 9.17) is 11.6 Å². The van der Waals surface area contributed by atoms with Crippen molar-refractivity contribution >= 4 is 22.4 Å². The van der Waals surface area contributed by atoms with Crippen molar-refractivity contribution in [2.45, 2.75) is 10.1 Å². The van der Waals surface area contributed by atoms with E-state index in [1.807, 2.05) is 0 Å². The molecule has 0 saturated carbocycles. The Morgan fingerprint density at radius 1 is 1.00 bits per heavy atom. The number of hydrogen-bond acceptors (Lipinski definition) is 2. The zero-order valence-electron chi connectivity index (χ0n) is 12.7. The molecule has 0 aliphatic rings. The molecule has 2 atom stereocenters. The highest BCUT2D eigenvalue weighted by atomic mass is 35.5. The predicted molar refractivity (Wildman–Crippen MR) is 91.5 cm³/mol. The zero-order valence-corrected chi connectivity index (χ0v) is 14.3. The molecule has 7 heteroatoms. The number of halogens is 3. The van der Waals surface area contributed by atoms with Gasteiger partial charge in [-0.1, -0.05) is 11.6 Å². The summed E-state index contributed by atoms with van der Waals surface area (Å²) in [4.78, 5) is 0.414. The Balaban J connectivity index is 2.14. The molecule has 2 unspecified atom stereocenters. The van der Waals surface area contributed by atoms with Gasteiger partial charge in [0, 0.05) is 27.6 Å². The minimum atomic E-state index is -1.73. The summed E-state index contributed by atoms with van der Waals surface area (Å²) in [6.07, 6.45) is 2.44. The third-order valence-corrected chi connectivity index (χ3v) is 5.57. The molecule has 128 valence electrons. The van der Waals surface area contributed by atoms with Crippen molar-refractivity contribution in [2.24, 2.45) is 0 Å². The van der Waals surface area contributed by atoms with Gasteiger partial charge in [-0.25, -0.2) is 8.78 Å². The number of aromatic nitrogens is 1. The molecule has 0 aliphatic carbocycles. The summed E-state index contributed by atoms with van der Waals surface area (Å²) in [6, 6.07) is 12.2. The number of nitrogens with zero attached hydrogens (tertiary/aromatic N) is 1. The molecule has 0 aliphatic heterocycles. The Bertz CT molecular complexity index is 917. The van der Waals surface area contributed by atoms with E-state index in [1.54, 1.807) is 24.3 Å². The lowest BCUT2D eigenvalue weighted by molar-refractivity contribution is -0.605. The van der Waals surface area contributed by atoms with E-state index < -0.39 is 27.7 Å². The number of benzene rings is 2. The average Bonchev–Trinajstić information content (AvgIpc) is 2.60. The molecule has 3 nitrogen and oxygen atoms in total. The highest BCUT2D eigenvalue weighted by molar-refractivity contribution is 7.85. The van der Waals surface area contributed by atoms with Crippen LogP contribution in [-0.4, -0.2) is 4.21 Å². The van der Waals surface area contributed by atoms with Gasteiger partial charge in [-0.05, 0) is 48.0 Å². The molecule has 3 aromatic rings. The first-order chi connectivity index (χ1) is 12.0. The van der Waals surface area contributed by atoms with Gasteiger partial charge in [0.05, 0.1) is 16.0 Å². The molecular formula is C18H12ClF2NO2S. The molecular weight excluding hydrogens is 368 g/mol. The molecule has 0 amide bonds. The van der Waals surface area contributed by atoms with Gasteiger partial charge in [0.1, 0.15) is 11.6 Å². The SMILES string of the molecule is O=S(c1ccc(Cl)cc1)C(c1cc[n+]([O-])cc1)c1cc(F)ccc1F. The van der Waals surface area contributed by atoms with Crippen LogP contribution in [0.3, 0.4) is 0 Å². The van der Waals surface area contributed by atoms with Gasteiger partial charge in [-0.2, -0.15) is 4.73 Å². The molecule has 0 radical (unpaired) electrons. The van der Waals surface area contributed by atoms with Crippen molar-refractivity contribution in [3.05, 3.63) is 100.0 Å². The van der Waals surface area contributed by atoms with Crippen LogP contribution in [0.4, 0.5) is 8.78 Å². The van der Waals surface area contributed by atoms with E-state index in [1.165, 1.54) is 24.5 Å². The Hall–Kier alpha value is -2.31. The Kier molecular flexibility index (Phi) is 5.11. The fourth-order valence-corrected chi connectivity index (χ4v) is 4.06. The van der Waals surface area contributed by atoms with Crippen LogP contribution in [-0.2, 0) is 10.8 Å². The van der Waals surface area contributed by atoms with E-state index in [2.05, 4.69) is 0 Å². The van der Waals surface area contributed by atoms with Crippen LogP contribution < -0.4 is 4.73 Å². The molecule has 0 bridgehead atoms. The van der Waals surface area contributed by atoms with Crippen molar-refractivity contribution in [3.63, 3.8) is 0 Å². The summed E-state index contributed by atoms with van der Waals surface area (Å²) in [5.41, 5.74) is 0.391. The predicted octanol–water partition coefficient (Wildman–Crippen LogP) is 4.15. The van der Waals surface area contributed by atoms with Crippen LogP contribution in [0.15, 0.2) is 71.9 Å². The van der Waals surface area contributed by atoms with Crippen molar-refractivity contribution in [2.75, 3.05) is 0 Å². The maximum atomic E-state index is 14.3. The fraction of sp³-hybridized carbons (Fsp3) is 0.0556. The normalized spacial score (nSPS) is 13.4. The Labute approximate surface area is 150 Å². The summed E-state index contributed by atoms with van der Waals surface area (Å²) < 4.78 is 41.7. The molecule has 1 aromatic heterocycles. The largest absolute Gasteiger partial charge is 0.619 e. The molecule has 3 rings (SSSR count). The first kappa shape index (κ1) is 17.5. The quantitative estimate of drug-likeness (QED) is 0.505. The molecule has 0 fully saturated rings. The summed E-state index contributed by atoms with van der Waals surface area (Å²) >= 11 is 5.85. The second-order valence-corrected chi connectivity index (χ2v) is 7.26. The third-order valence-electron chi connectivity index (χ3n) is 3.63. The van der Waals surface area contributed by atoms with Crippen LogP contribution >= 0.6 is 11.6 Å². The summed E-state index contributed by atoms with van der Waals surface area (Å²) in [5.74, 6) is -1.31. The van der Waals surface area contributed by atoms with Gasteiger partial charge < -0.3 is 5.21 Å². The van der Waals surface area contributed by atoms with Gasteiger partial charge >= 0.3 is 0 Å². The van der Waals surface area contributed by atoms with E-state index in [9.17, 15) is 18.2 Å². The minimum Gasteiger partial charge on any atom is -0.619 e. The van der Waals surface area contributed by atoms with Crippen LogP contribution in [0.2, 0.25) is 5.02 Å². The molecule has 1 heterocycles. The van der Waals surface area contributed by atoms with Gasteiger partial charge in [-0.3, -0.25) is 4.21 Å². The standard InChI is InChI=1S/C18H12ClF2NO2S/c19-13-1-4-15(5-2-13)25(24)18(12-7-9-22(23)10-8-12)16-11-14(20)3-6-17(16)21/h1-11,18H. The summed E-state index contributed by atoms with van der Waals surface area (Å²) in [5, 5.41) is 10.8. The smallest absolute Gasteiger partial charge is 0.180 e.